The molecule has 158 valence electrons. The van der Waals surface area contributed by atoms with Crippen molar-refractivity contribution in [2.24, 2.45) is 0 Å². The van der Waals surface area contributed by atoms with Gasteiger partial charge >= 0.3 is 0 Å². The van der Waals surface area contributed by atoms with E-state index in [1.54, 1.807) is 0 Å². The van der Waals surface area contributed by atoms with E-state index in [2.05, 4.69) is 10.5 Å². The van der Waals surface area contributed by atoms with Crippen molar-refractivity contribution in [1.82, 2.24) is 10.1 Å². The number of anilines is 1. The molecule has 0 aliphatic rings. The predicted molar refractivity (Wildman–Crippen MR) is 129 cm³/mol. The van der Waals surface area contributed by atoms with Crippen molar-refractivity contribution < 1.29 is 9.32 Å². The zero-order chi connectivity index (χ0) is 22.1. The fourth-order valence-electron chi connectivity index (χ4n) is 3.51. The van der Waals surface area contributed by atoms with Crippen LogP contribution < -0.4 is 5.32 Å². The van der Waals surface area contributed by atoms with Crippen molar-refractivity contribution >= 4 is 45.5 Å². The van der Waals surface area contributed by atoms with Crippen molar-refractivity contribution in [1.29, 1.82) is 0 Å². The first kappa shape index (κ1) is 20.4. The van der Waals surface area contributed by atoms with Crippen LogP contribution in [0.3, 0.4) is 0 Å². The van der Waals surface area contributed by atoms with Gasteiger partial charge in [-0.1, -0.05) is 58.7 Å². The second-order valence-electron chi connectivity index (χ2n) is 7.45. The first-order valence-electron chi connectivity index (χ1n) is 10.0. The number of carbonyl (C=O) groups is 1. The molecule has 2 heterocycles. The lowest BCUT2D eigenvalue weighted by molar-refractivity contribution is -0.115. The Morgan fingerprint density at radius 1 is 1.09 bits per heavy atom. The normalized spacial score (nSPS) is 11.1. The highest BCUT2D eigenvalue weighted by Crippen LogP contribution is 2.33. The van der Waals surface area contributed by atoms with Gasteiger partial charge in [0.2, 0.25) is 5.91 Å². The number of amides is 1. The summed E-state index contributed by atoms with van der Waals surface area (Å²) >= 11 is 7.84. The van der Waals surface area contributed by atoms with E-state index in [-0.39, 0.29) is 12.3 Å². The average molecular weight is 460 g/mol. The van der Waals surface area contributed by atoms with E-state index in [0.29, 0.717) is 22.0 Å². The molecule has 7 heteroatoms. The number of nitrogens with one attached hydrogen (secondary N) is 1. The molecule has 0 aliphatic heterocycles. The average Bonchev–Trinajstić information content (AvgIpc) is 3.42. The third-order valence-corrected chi connectivity index (χ3v) is 6.28. The van der Waals surface area contributed by atoms with Crippen LogP contribution in [0.2, 0.25) is 5.02 Å². The summed E-state index contributed by atoms with van der Waals surface area (Å²) in [5.74, 6) is -0.158. The maximum Gasteiger partial charge on any atom is 0.230 e. The van der Waals surface area contributed by atoms with Gasteiger partial charge in [-0.3, -0.25) is 4.79 Å². The van der Waals surface area contributed by atoms with E-state index in [1.807, 2.05) is 79.0 Å². The molecule has 0 saturated carbocycles. The summed E-state index contributed by atoms with van der Waals surface area (Å²) in [4.78, 5) is 17.4. The smallest absolute Gasteiger partial charge is 0.230 e. The Balaban J connectivity index is 1.34. The number of aryl methyl sites for hydroxylation is 1. The molecule has 1 N–H and O–H groups in total. The molecule has 0 saturated heterocycles. The molecular weight excluding hydrogens is 442 g/mol. The molecule has 0 unspecified atom stereocenters. The van der Waals surface area contributed by atoms with Crippen molar-refractivity contribution in [2.75, 3.05) is 5.32 Å². The van der Waals surface area contributed by atoms with Gasteiger partial charge in [0.05, 0.1) is 17.1 Å². The Labute approximate surface area is 193 Å². The van der Waals surface area contributed by atoms with Crippen molar-refractivity contribution in [3.63, 3.8) is 0 Å². The SMILES string of the molecule is Cc1ccc2onc(CC(=O)Nc3cccc(-c4csc(-c5ccccc5Cl)n4)c3)c2c1. The zero-order valence-electron chi connectivity index (χ0n) is 17.1. The highest BCUT2D eigenvalue weighted by atomic mass is 35.5. The standard InChI is InChI=1S/C25H18ClN3O2S/c1-15-9-10-23-19(11-15)21(29-31-23)13-24(30)27-17-6-4-5-16(12-17)22-14-32-25(28-22)18-7-2-3-8-20(18)26/h2-12,14H,13H2,1H3,(H,27,30). The molecule has 0 spiro atoms. The number of thiazole rings is 1. The van der Waals surface area contributed by atoms with Crippen molar-refractivity contribution in [2.45, 2.75) is 13.3 Å². The largest absolute Gasteiger partial charge is 0.356 e. The van der Waals surface area contributed by atoms with E-state index >= 15 is 0 Å². The lowest BCUT2D eigenvalue weighted by Gasteiger charge is -2.06. The van der Waals surface area contributed by atoms with Crippen LogP contribution in [0.4, 0.5) is 5.69 Å². The van der Waals surface area contributed by atoms with Crippen LogP contribution >= 0.6 is 22.9 Å². The van der Waals surface area contributed by atoms with E-state index in [4.69, 9.17) is 21.1 Å². The fraction of sp³-hybridized carbons (Fsp3) is 0.0800. The number of benzene rings is 3. The Morgan fingerprint density at radius 2 is 1.97 bits per heavy atom. The molecule has 5 rings (SSSR count). The maximum atomic E-state index is 12.7. The van der Waals surface area contributed by atoms with E-state index in [9.17, 15) is 4.79 Å². The van der Waals surface area contributed by atoms with Gasteiger partial charge in [0.1, 0.15) is 10.7 Å². The van der Waals surface area contributed by atoms with Crippen LogP contribution in [0.15, 0.2) is 76.6 Å². The molecule has 1 amide bonds. The minimum Gasteiger partial charge on any atom is -0.356 e. The van der Waals surface area contributed by atoms with Gasteiger partial charge < -0.3 is 9.84 Å². The lowest BCUT2D eigenvalue weighted by atomic mass is 10.1. The second-order valence-corrected chi connectivity index (χ2v) is 8.72. The summed E-state index contributed by atoms with van der Waals surface area (Å²) in [6.07, 6.45) is 0.133. The number of hydrogen-bond acceptors (Lipinski definition) is 5. The summed E-state index contributed by atoms with van der Waals surface area (Å²) in [5.41, 5.74) is 5.75. The van der Waals surface area contributed by atoms with Gasteiger partial charge in [-0.05, 0) is 37.3 Å². The van der Waals surface area contributed by atoms with Gasteiger partial charge in [-0.15, -0.1) is 11.3 Å². The summed E-state index contributed by atoms with van der Waals surface area (Å²) in [7, 11) is 0. The fourth-order valence-corrected chi connectivity index (χ4v) is 4.66. The van der Waals surface area contributed by atoms with Gasteiger partial charge in [0.25, 0.3) is 0 Å². The van der Waals surface area contributed by atoms with Crippen LogP contribution in [0.25, 0.3) is 32.8 Å². The molecule has 0 fully saturated rings. The van der Waals surface area contributed by atoms with Gasteiger partial charge in [0.15, 0.2) is 5.58 Å². The molecule has 5 nitrogen and oxygen atoms in total. The maximum absolute atomic E-state index is 12.7. The predicted octanol–water partition coefficient (Wildman–Crippen LogP) is 6.76. The van der Waals surface area contributed by atoms with Crippen LogP contribution in [-0.2, 0) is 11.2 Å². The van der Waals surface area contributed by atoms with Crippen molar-refractivity contribution in [3.8, 4) is 21.8 Å². The molecular formula is C25H18ClN3O2S. The summed E-state index contributed by atoms with van der Waals surface area (Å²) in [5, 5.41) is 11.4. The van der Waals surface area contributed by atoms with Crippen LogP contribution in [0.1, 0.15) is 11.3 Å². The first-order valence-corrected chi connectivity index (χ1v) is 11.3. The molecule has 5 aromatic rings. The summed E-state index contributed by atoms with van der Waals surface area (Å²) in [6.45, 7) is 2.00. The molecule has 32 heavy (non-hydrogen) atoms. The van der Waals surface area contributed by atoms with E-state index < -0.39 is 0 Å². The second kappa shape index (κ2) is 8.57. The summed E-state index contributed by atoms with van der Waals surface area (Å²) in [6, 6.07) is 21.1. The van der Waals surface area contributed by atoms with Gasteiger partial charge in [0, 0.05) is 27.6 Å². The molecule has 0 bridgehead atoms. The summed E-state index contributed by atoms with van der Waals surface area (Å²) < 4.78 is 5.33. The monoisotopic (exact) mass is 459 g/mol. The molecule has 3 aromatic carbocycles. The minimum atomic E-state index is -0.158. The van der Waals surface area contributed by atoms with Gasteiger partial charge in [-0.2, -0.15) is 0 Å². The number of nitrogens with zero attached hydrogens (tertiary/aromatic N) is 2. The lowest BCUT2D eigenvalue weighted by Crippen LogP contribution is -2.14. The van der Waals surface area contributed by atoms with Crippen molar-refractivity contribution in [3.05, 3.63) is 88.4 Å². The molecule has 0 radical (unpaired) electrons. The van der Waals surface area contributed by atoms with Crippen LogP contribution in [-0.4, -0.2) is 16.0 Å². The number of aromatic nitrogens is 2. The Kier molecular flexibility index (Phi) is 5.47. The first-order chi connectivity index (χ1) is 15.6. The number of rotatable bonds is 5. The highest BCUT2D eigenvalue weighted by molar-refractivity contribution is 7.13. The van der Waals surface area contributed by atoms with Crippen LogP contribution in [0, 0.1) is 6.92 Å². The molecule has 0 atom stereocenters. The highest BCUT2D eigenvalue weighted by Gasteiger charge is 2.14. The Bertz CT molecular complexity index is 1440. The topological polar surface area (TPSA) is 68.0 Å². The third kappa shape index (κ3) is 4.15. The minimum absolute atomic E-state index is 0.133. The van der Waals surface area contributed by atoms with Crippen LogP contribution in [0.5, 0.6) is 0 Å². The van der Waals surface area contributed by atoms with E-state index in [0.717, 1.165) is 32.8 Å². The molecule has 0 aliphatic carbocycles. The number of halogens is 1. The molecule has 2 aromatic heterocycles. The third-order valence-electron chi connectivity index (χ3n) is 5.08. The number of fused-ring (bicyclic) bond motifs is 1. The Morgan fingerprint density at radius 3 is 2.84 bits per heavy atom. The number of carbonyl (C=O) groups excluding carboxylic acids is 1. The number of hydrogen-bond donors (Lipinski definition) is 1. The quantitative estimate of drug-likeness (QED) is 0.315. The van der Waals surface area contributed by atoms with Gasteiger partial charge in [-0.25, -0.2) is 4.98 Å². The van der Waals surface area contributed by atoms with E-state index in [1.165, 1.54) is 11.3 Å². The Hall–Kier alpha value is -3.48. The zero-order valence-corrected chi connectivity index (χ0v) is 18.7.